The molecular formula is C12H15F2N3O2. The summed E-state index contributed by atoms with van der Waals surface area (Å²) < 4.78 is 26.3. The zero-order chi connectivity index (χ0) is 14.6. The Morgan fingerprint density at radius 3 is 2.68 bits per heavy atom. The van der Waals surface area contributed by atoms with Gasteiger partial charge in [-0.2, -0.15) is 4.39 Å². The van der Waals surface area contributed by atoms with Crippen molar-refractivity contribution >= 4 is 11.8 Å². The van der Waals surface area contributed by atoms with Crippen LogP contribution >= 0.6 is 0 Å². The molecule has 0 saturated carbocycles. The third-order valence-electron chi connectivity index (χ3n) is 2.67. The van der Waals surface area contributed by atoms with Crippen LogP contribution in [0.25, 0.3) is 0 Å². The third kappa shape index (κ3) is 3.46. The minimum atomic E-state index is -1.32. The average molecular weight is 271 g/mol. The molecule has 5 nitrogen and oxygen atoms in total. The predicted molar refractivity (Wildman–Crippen MR) is 64.3 cm³/mol. The third-order valence-corrected chi connectivity index (χ3v) is 2.67. The second kappa shape index (κ2) is 6.21. The summed E-state index contributed by atoms with van der Waals surface area (Å²) >= 11 is 0. The van der Waals surface area contributed by atoms with Crippen molar-refractivity contribution in [3.8, 4) is 0 Å². The van der Waals surface area contributed by atoms with Gasteiger partial charge in [-0.3, -0.25) is 9.59 Å². The molecule has 1 unspecified atom stereocenters. The molecule has 1 N–H and O–H groups in total. The summed E-state index contributed by atoms with van der Waals surface area (Å²) in [5, 5.41) is 2.45. The van der Waals surface area contributed by atoms with Crippen LogP contribution in [0.4, 0.5) is 8.78 Å². The van der Waals surface area contributed by atoms with Gasteiger partial charge in [0.25, 0.3) is 5.91 Å². The summed E-state index contributed by atoms with van der Waals surface area (Å²) in [5.74, 6) is -3.99. The van der Waals surface area contributed by atoms with Gasteiger partial charge in [-0.15, -0.1) is 0 Å². The van der Waals surface area contributed by atoms with Crippen molar-refractivity contribution in [2.24, 2.45) is 5.92 Å². The molecule has 1 aromatic heterocycles. The fourth-order valence-electron chi connectivity index (χ4n) is 1.61. The average Bonchev–Trinajstić information content (AvgIpc) is 2.39. The topological polar surface area (TPSA) is 62.3 Å². The lowest BCUT2D eigenvalue weighted by Crippen LogP contribution is -2.37. The first-order valence-corrected chi connectivity index (χ1v) is 5.65. The maximum Gasteiger partial charge on any atom is 0.256 e. The molecule has 0 aliphatic rings. The largest absolute Gasteiger partial charge is 0.359 e. The lowest BCUT2D eigenvalue weighted by Gasteiger charge is -2.20. The van der Waals surface area contributed by atoms with E-state index in [1.165, 1.54) is 14.1 Å². The van der Waals surface area contributed by atoms with E-state index in [2.05, 4.69) is 10.3 Å². The highest BCUT2D eigenvalue weighted by Crippen LogP contribution is 2.12. The van der Waals surface area contributed by atoms with Crippen molar-refractivity contribution in [1.29, 1.82) is 0 Å². The molecule has 0 fully saturated rings. The van der Waals surface area contributed by atoms with Crippen molar-refractivity contribution in [1.82, 2.24) is 15.2 Å². The SMILES string of the molecule is CNC(=O)C(C)CN(C)C(=O)c1ccnc(F)c1F. The molecule has 0 aliphatic carbocycles. The molecule has 0 radical (unpaired) electrons. The van der Waals surface area contributed by atoms with Crippen LogP contribution in [0.2, 0.25) is 0 Å². The molecule has 104 valence electrons. The van der Waals surface area contributed by atoms with Crippen LogP contribution in [-0.4, -0.2) is 42.3 Å². The number of amides is 2. The summed E-state index contributed by atoms with van der Waals surface area (Å²) in [6.07, 6.45) is 1.02. The van der Waals surface area contributed by atoms with E-state index in [-0.39, 0.29) is 12.5 Å². The second-order valence-corrected chi connectivity index (χ2v) is 4.16. The quantitative estimate of drug-likeness (QED) is 0.824. The number of rotatable bonds is 4. The highest BCUT2D eigenvalue weighted by molar-refractivity contribution is 5.94. The van der Waals surface area contributed by atoms with Crippen molar-refractivity contribution in [3.05, 3.63) is 29.6 Å². The fraction of sp³-hybridized carbons (Fsp3) is 0.417. The second-order valence-electron chi connectivity index (χ2n) is 4.16. The van der Waals surface area contributed by atoms with Crippen LogP contribution in [0, 0.1) is 17.7 Å². The van der Waals surface area contributed by atoms with E-state index in [1.54, 1.807) is 6.92 Å². The number of nitrogens with zero attached hydrogens (tertiary/aromatic N) is 2. The van der Waals surface area contributed by atoms with E-state index in [0.717, 1.165) is 17.2 Å². The molecule has 1 heterocycles. The van der Waals surface area contributed by atoms with Crippen LogP contribution in [0.3, 0.4) is 0 Å². The van der Waals surface area contributed by atoms with Crippen LogP contribution < -0.4 is 5.32 Å². The molecule has 1 rings (SSSR count). The first-order chi connectivity index (χ1) is 8.88. The molecule has 1 aromatic rings. The number of pyridine rings is 1. The number of halogens is 2. The molecule has 2 amide bonds. The van der Waals surface area contributed by atoms with Crippen molar-refractivity contribution in [2.45, 2.75) is 6.92 Å². The summed E-state index contributed by atoms with van der Waals surface area (Å²) in [5.41, 5.74) is -0.404. The zero-order valence-corrected chi connectivity index (χ0v) is 10.9. The van der Waals surface area contributed by atoms with E-state index >= 15 is 0 Å². The first-order valence-electron chi connectivity index (χ1n) is 5.65. The number of hydrogen-bond donors (Lipinski definition) is 1. The van der Waals surface area contributed by atoms with Gasteiger partial charge in [0.05, 0.1) is 11.5 Å². The first kappa shape index (κ1) is 15.0. The fourth-order valence-corrected chi connectivity index (χ4v) is 1.61. The summed E-state index contributed by atoms with van der Waals surface area (Å²) in [7, 11) is 2.90. The van der Waals surface area contributed by atoms with Crippen LogP contribution in [-0.2, 0) is 4.79 Å². The Morgan fingerprint density at radius 1 is 1.47 bits per heavy atom. The Hall–Kier alpha value is -2.05. The highest BCUT2D eigenvalue weighted by atomic mass is 19.2. The minimum absolute atomic E-state index is 0.0991. The maximum absolute atomic E-state index is 13.4. The number of hydrogen-bond acceptors (Lipinski definition) is 3. The van der Waals surface area contributed by atoms with Crippen molar-refractivity contribution in [3.63, 3.8) is 0 Å². The van der Waals surface area contributed by atoms with Gasteiger partial charge in [-0.1, -0.05) is 6.92 Å². The number of carbonyl (C=O) groups excluding carboxylic acids is 2. The Labute approximate surface area is 109 Å². The molecular weight excluding hydrogens is 256 g/mol. The smallest absolute Gasteiger partial charge is 0.256 e. The van der Waals surface area contributed by atoms with E-state index in [0.29, 0.717) is 0 Å². The number of nitrogens with one attached hydrogen (secondary N) is 1. The van der Waals surface area contributed by atoms with Crippen LogP contribution in [0.15, 0.2) is 12.3 Å². The Morgan fingerprint density at radius 2 is 2.11 bits per heavy atom. The monoisotopic (exact) mass is 271 g/mol. The summed E-state index contributed by atoms with van der Waals surface area (Å²) in [6, 6.07) is 1.10. The Balaban J connectivity index is 2.83. The summed E-state index contributed by atoms with van der Waals surface area (Å²) in [6.45, 7) is 1.73. The zero-order valence-electron chi connectivity index (χ0n) is 10.9. The minimum Gasteiger partial charge on any atom is -0.359 e. The van der Waals surface area contributed by atoms with Crippen LogP contribution in [0.5, 0.6) is 0 Å². The summed E-state index contributed by atoms with van der Waals surface area (Å²) in [4.78, 5) is 27.5. The molecule has 0 saturated heterocycles. The highest BCUT2D eigenvalue weighted by Gasteiger charge is 2.22. The maximum atomic E-state index is 13.4. The lowest BCUT2D eigenvalue weighted by molar-refractivity contribution is -0.124. The van der Waals surface area contributed by atoms with Gasteiger partial charge in [-0.05, 0) is 6.07 Å². The van der Waals surface area contributed by atoms with E-state index in [1.807, 2.05) is 0 Å². The molecule has 0 bridgehead atoms. The van der Waals surface area contributed by atoms with E-state index < -0.39 is 29.2 Å². The molecule has 7 heteroatoms. The van der Waals surface area contributed by atoms with Gasteiger partial charge in [0.15, 0.2) is 5.82 Å². The van der Waals surface area contributed by atoms with Gasteiger partial charge in [0, 0.05) is 26.8 Å². The number of carbonyl (C=O) groups is 2. The molecule has 1 atom stereocenters. The van der Waals surface area contributed by atoms with Gasteiger partial charge < -0.3 is 10.2 Å². The van der Waals surface area contributed by atoms with Crippen molar-refractivity contribution in [2.75, 3.05) is 20.6 Å². The number of aromatic nitrogens is 1. The van der Waals surface area contributed by atoms with Crippen molar-refractivity contribution < 1.29 is 18.4 Å². The van der Waals surface area contributed by atoms with Gasteiger partial charge in [-0.25, -0.2) is 9.37 Å². The molecule has 0 aromatic carbocycles. The Bertz CT molecular complexity index is 494. The molecule has 0 spiro atoms. The normalized spacial score (nSPS) is 11.8. The van der Waals surface area contributed by atoms with Crippen LogP contribution in [0.1, 0.15) is 17.3 Å². The van der Waals surface area contributed by atoms with Gasteiger partial charge in [0.2, 0.25) is 11.9 Å². The lowest BCUT2D eigenvalue weighted by atomic mass is 10.1. The Kier molecular flexibility index (Phi) is 4.91. The molecule has 0 aliphatic heterocycles. The van der Waals surface area contributed by atoms with E-state index in [9.17, 15) is 18.4 Å². The predicted octanol–water partition coefficient (Wildman–Crippen LogP) is 0.814. The van der Waals surface area contributed by atoms with E-state index in [4.69, 9.17) is 0 Å². The van der Waals surface area contributed by atoms with Gasteiger partial charge >= 0.3 is 0 Å². The molecule has 19 heavy (non-hydrogen) atoms. The standard InChI is InChI=1S/C12H15F2N3O2/c1-7(11(18)15-2)6-17(3)12(19)8-4-5-16-10(14)9(8)13/h4-5,7H,6H2,1-3H3,(H,15,18). The van der Waals surface area contributed by atoms with Gasteiger partial charge in [0.1, 0.15) is 0 Å².